The Kier molecular flexibility index (Phi) is 5.92. The normalized spacial score (nSPS) is 19.1. The average Bonchev–Trinajstić information content (AvgIpc) is 2.72. The molecule has 168 valence electrons. The molecule has 2 heterocycles. The van der Waals surface area contributed by atoms with Gasteiger partial charge in [-0.2, -0.15) is 0 Å². The smallest absolute Gasteiger partial charge is 0.0737 e. The first-order valence-corrected chi connectivity index (χ1v) is 12.1. The lowest BCUT2D eigenvalue weighted by atomic mass is 9.66. The van der Waals surface area contributed by atoms with E-state index in [9.17, 15) is 0 Å². The third-order valence-electron chi connectivity index (χ3n) is 6.93. The summed E-state index contributed by atoms with van der Waals surface area (Å²) in [7, 11) is 0. The van der Waals surface area contributed by atoms with Crippen LogP contribution in [0.25, 0.3) is 16.6 Å². The van der Waals surface area contributed by atoms with Crippen molar-refractivity contribution in [3.05, 3.63) is 82.2 Å². The predicted molar refractivity (Wildman–Crippen MR) is 138 cm³/mol. The van der Waals surface area contributed by atoms with Gasteiger partial charge in [-0.3, -0.25) is 4.98 Å². The fourth-order valence-electron chi connectivity index (χ4n) is 5.38. The van der Waals surface area contributed by atoms with Crippen molar-refractivity contribution in [2.24, 2.45) is 17.3 Å². The van der Waals surface area contributed by atoms with Gasteiger partial charge in [0.05, 0.1) is 5.52 Å². The zero-order valence-corrected chi connectivity index (χ0v) is 20.9. The number of benzene rings is 1. The number of nitrogens with zero attached hydrogens (tertiary/aromatic N) is 1. The van der Waals surface area contributed by atoms with Gasteiger partial charge in [0, 0.05) is 34.1 Å². The molecule has 2 aromatic rings. The SMILES string of the molecule is C=C1NC2=C(C=C1/C(C)=C\CC)C(C(C)(C)C)Cc1c2cc(CC(C)C)c2ncccc12. The number of fused-ring (bicyclic) bond motifs is 4. The molecule has 0 radical (unpaired) electrons. The number of hydrogen-bond acceptors (Lipinski definition) is 2. The van der Waals surface area contributed by atoms with Crippen LogP contribution in [0.5, 0.6) is 0 Å². The molecule has 0 saturated heterocycles. The summed E-state index contributed by atoms with van der Waals surface area (Å²) in [5.74, 6) is 1.01. The summed E-state index contributed by atoms with van der Waals surface area (Å²) in [5, 5.41) is 5.08. The summed E-state index contributed by atoms with van der Waals surface area (Å²) in [6, 6.07) is 6.76. The second-order valence-corrected chi connectivity index (χ2v) is 11.0. The molecule has 32 heavy (non-hydrogen) atoms. The highest BCUT2D eigenvalue weighted by atomic mass is 14.9. The van der Waals surface area contributed by atoms with E-state index in [2.05, 4.69) is 90.7 Å². The van der Waals surface area contributed by atoms with Gasteiger partial charge in [0.1, 0.15) is 0 Å². The Morgan fingerprint density at radius 2 is 2.06 bits per heavy atom. The molecule has 0 amide bonds. The van der Waals surface area contributed by atoms with E-state index in [4.69, 9.17) is 4.98 Å². The zero-order valence-electron chi connectivity index (χ0n) is 20.9. The molecule has 0 bridgehead atoms. The van der Waals surface area contributed by atoms with Crippen LogP contribution in [-0.4, -0.2) is 4.98 Å². The lowest BCUT2D eigenvalue weighted by Gasteiger charge is -2.41. The molecule has 2 nitrogen and oxygen atoms in total. The van der Waals surface area contributed by atoms with E-state index in [0.29, 0.717) is 11.8 Å². The van der Waals surface area contributed by atoms with Gasteiger partial charge in [0.15, 0.2) is 0 Å². The molecule has 0 saturated carbocycles. The van der Waals surface area contributed by atoms with E-state index in [1.807, 2.05) is 6.20 Å². The van der Waals surface area contributed by atoms with E-state index >= 15 is 0 Å². The van der Waals surface area contributed by atoms with Crippen molar-refractivity contribution in [1.29, 1.82) is 0 Å². The van der Waals surface area contributed by atoms with Crippen molar-refractivity contribution in [2.75, 3.05) is 0 Å². The van der Waals surface area contributed by atoms with Crippen LogP contribution in [0.15, 0.2) is 65.5 Å². The first-order chi connectivity index (χ1) is 15.1. The van der Waals surface area contributed by atoms with Crippen LogP contribution >= 0.6 is 0 Å². The van der Waals surface area contributed by atoms with Crippen molar-refractivity contribution in [1.82, 2.24) is 10.3 Å². The van der Waals surface area contributed by atoms with Crippen molar-refractivity contribution in [3.63, 3.8) is 0 Å². The van der Waals surface area contributed by atoms with Crippen molar-refractivity contribution >= 4 is 16.6 Å². The molecule has 1 atom stereocenters. The van der Waals surface area contributed by atoms with Gasteiger partial charge in [0.25, 0.3) is 0 Å². The summed E-state index contributed by atoms with van der Waals surface area (Å²) in [5.41, 5.74) is 11.7. The van der Waals surface area contributed by atoms with E-state index in [-0.39, 0.29) is 5.41 Å². The molecule has 1 aliphatic carbocycles. The first-order valence-electron chi connectivity index (χ1n) is 12.1. The zero-order chi connectivity index (χ0) is 23.2. The minimum absolute atomic E-state index is 0.147. The summed E-state index contributed by atoms with van der Waals surface area (Å²) < 4.78 is 0. The van der Waals surface area contributed by atoms with Crippen LogP contribution in [0.4, 0.5) is 0 Å². The Bertz CT molecular complexity index is 1170. The minimum atomic E-state index is 0.147. The molecule has 0 spiro atoms. The maximum atomic E-state index is 4.83. The first kappa shape index (κ1) is 22.6. The molecule has 2 heteroatoms. The summed E-state index contributed by atoms with van der Waals surface area (Å²) in [6.45, 7) is 20.5. The molecule has 1 unspecified atom stereocenters. The number of rotatable bonds is 4. The van der Waals surface area contributed by atoms with Crippen LogP contribution in [0.2, 0.25) is 0 Å². The van der Waals surface area contributed by atoms with Crippen molar-refractivity contribution < 1.29 is 0 Å². The Hall–Kier alpha value is -2.61. The lowest BCUT2D eigenvalue weighted by Crippen LogP contribution is -2.33. The predicted octanol–water partition coefficient (Wildman–Crippen LogP) is 7.76. The topological polar surface area (TPSA) is 24.9 Å². The molecular weight excluding hydrogens is 388 g/mol. The Balaban J connectivity index is 2.02. The lowest BCUT2D eigenvalue weighted by molar-refractivity contribution is 0.279. The van der Waals surface area contributed by atoms with Crippen molar-refractivity contribution in [2.45, 2.75) is 67.7 Å². The molecule has 1 aliphatic heterocycles. The third kappa shape index (κ3) is 3.96. The largest absolute Gasteiger partial charge is 0.355 e. The molecular formula is C30H38N2. The highest BCUT2D eigenvalue weighted by Gasteiger charge is 2.37. The Labute approximate surface area is 194 Å². The number of aromatic nitrogens is 1. The highest BCUT2D eigenvalue weighted by molar-refractivity contribution is 5.93. The van der Waals surface area contributed by atoms with Gasteiger partial charge in [-0.15, -0.1) is 0 Å². The summed E-state index contributed by atoms with van der Waals surface area (Å²) in [6.07, 6.45) is 9.76. The number of hydrogen-bond donors (Lipinski definition) is 1. The Morgan fingerprint density at radius 1 is 1.31 bits per heavy atom. The molecule has 1 aromatic heterocycles. The van der Waals surface area contributed by atoms with Crippen LogP contribution in [0.3, 0.4) is 0 Å². The molecule has 0 fully saturated rings. The van der Waals surface area contributed by atoms with Crippen LogP contribution in [0.1, 0.15) is 71.6 Å². The van der Waals surface area contributed by atoms with Crippen LogP contribution < -0.4 is 5.32 Å². The van der Waals surface area contributed by atoms with Gasteiger partial charge in [-0.25, -0.2) is 0 Å². The highest BCUT2D eigenvalue weighted by Crippen LogP contribution is 2.48. The van der Waals surface area contributed by atoms with Gasteiger partial charge in [-0.1, -0.05) is 60.3 Å². The third-order valence-corrected chi connectivity index (χ3v) is 6.93. The standard InChI is InChI=1S/C30H38N2/c1-9-11-19(4)23-16-26-27(30(6,7)8)17-24-22-12-10-13-31-28(22)21(14-18(2)3)15-25(24)29(26)32-20(23)5/h10-13,15-16,18,27,32H,5,9,14,17H2,1-4,6-8H3/b19-11-. The van der Waals surface area contributed by atoms with E-state index in [0.717, 1.165) is 25.0 Å². The molecule has 4 rings (SSSR count). The fourth-order valence-corrected chi connectivity index (χ4v) is 5.38. The van der Waals surface area contributed by atoms with E-state index in [1.54, 1.807) is 0 Å². The maximum absolute atomic E-state index is 4.83. The second kappa shape index (κ2) is 8.39. The number of nitrogens with one attached hydrogen (secondary N) is 1. The quantitative estimate of drug-likeness (QED) is 0.540. The maximum Gasteiger partial charge on any atom is 0.0737 e. The van der Waals surface area contributed by atoms with Gasteiger partial charge in [-0.05, 0) is 83.9 Å². The molecule has 1 aromatic carbocycles. The minimum Gasteiger partial charge on any atom is -0.355 e. The number of allylic oxidation sites excluding steroid dienone is 4. The van der Waals surface area contributed by atoms with Gasteiger partial charge >= 0.3 is 0 Å². The Morgan fingerprint density at radius 3 is 2.72 bits per heavy atom. The number of pyridine rings is 1. The summed E-state index contributed by atoms with van der Waals surface area (Å²) in [4.78, 5) is 4.83. The van der Waals surface area contributed by atoms with Crippen LogP contribution in [-0.2, 0) is 12.8 Å². The van der Waals surface area contributed by atoms with E-state index in [1.165, 1.54) is 50.0 Å². The molecule has 1 N–H and O–H groups in total. The fraction of sp³-hybridized carbons (Fsp3) is 0.433. The number of dihydropyridines is 1. The molecule has 2 aliphatic rings. The monoisotopic (exact) mass is 426 g/mol. The second-order valence-electron chi connectivity index (χ2n) is 11.0. The van der Waals surface area contributed by atoms with Crippen LogP contribution in [0, 0.1) is 17.3 Å². The summed E-state index contributed by atoms with van der Waals surface area (Å²) >= 11 is 0. The van der Waals surface area contributed by atoms with Gasteiger partial charge < -0.3 is 5.32 Å². The average molecular weight is 427 g/mol. The van der Waals surface area contributed by atoms with E-state index < -0.39 is 0 Å². The van der Waals surface area contributed by atoms with Crippen molar-refractivity contribution in [3.8, 4) is 0 Å². The van der Waals surface area contributed by atoms with Gasteiger partial charge in [0.2, 0.25) is 0 Å².